The lowest BCUT2D eigenvalue weighted by molar-refractivity contribution is -0.143. The van der Waals surface area contributed by atoms with Crippen LogP contribution in [0.15, 0.2) is 24.3 Å². The molecule has 1 aliphatic carbocycles. The molecule has 0 bridgehead atoms. The van der Waals surface area contributed by atoms with Crippen molar-refractivity contribution in [3.8, 4) is 0 Å². The molecule has 0 heterocycles. The third kappa shape index (κ3) is 4.53. The number of carboxylic acids is 1. The predicted molar refractivity (Wildman–Crippen MR) is 80.5 cm³/mol. The van der Waals surface area contributed by atoms with Crippen LogP contribution in [0.5, 0.6) is 0 Å². The standard InChI is InChI=1S/C17H24FNO2/c1-2-16(14-4-3-5-15(18)10-14)19-11-12-6-8-13(9-7-12)17(20)21/h3-5,10,12-13,16,19H,2,6-9,11H2,1H3,(H,20,21). The molecule has 0 aliphatic heterocycles. The van der Waals surface area contributed by atoms with Gasteiger partial charge in [0, 0.05) is 6.04 Å². The van der Waals surface area contributed by atoms with Crippen molar-refractivity contribution in [1.82, 2.24) is 5.32 Å². The van der Waals surface area contributed by atoms with Gasteiger partial charge in [0.05, 0.1) is 5.92 Å². The third-order valence-electron chi connectivity index (χ3n) is 4.51. The van der Waals surface area contributed by atoms with Gasteiger partial charge in [0.1, 0.15) is 5.82 Å². The second-order valence-electron chi connectivity index (χ2n) is 5.98. The SMILES string of the molecule is CCC(NCC1CCC(C(=O)O)CC1)c1cccc(F)c1. The average molecular weight is 293 g/mol. The lowest BCUT2D eigenvalue weighted by Crippen LogP contribution is -2.31. The summed E-state index contributed by atoms with van der Waals surface area (Å²) in [5.74, 6) is -0.489. The quantitative estimate of drug-likeness (QED) is 0.839. The number of carboxylic acid groups (broad SMARTS) is 1. The van der Waals surface area contributed by atoms with E-state index < -0.39 is 5.97 Å². The van der Waals surface area contributed by atoms with Crippen LogP contribution in [-0.2, 0) is 4.79 Å². The van der Waals surface area contributed by atoms with Gasteiger partial charge in [-0.1, -0.05) is 19.1 Å². The van der Waals surface area contributed by atoms with E-state index in [2.05, 4.69) is 12.2 Å². The van der Waals surface area contributed by atoms with Gasteiger partial charge < -0.3 is 10.4 Å². The number of rotatable bonds is 6. The molecule has 0 amide bonds. The molecule has 0 aromatic heterocycles. The van der Waals surface area contributed by atoms with Crippen molar-refractivity contribution < 1.29 is 14.3 Å². The maximum Gasteiger partial charge on any atom is 0.306 e. The van der Waals surface area contributed by atoms with E-state index in [1.54, 1.807) is 12.1 Å². The van der Waals surface area contributed by atoms with Gasteiger partial charge in [0.15, 0.2) is 0 Å². The van der Waals surface area contributed by atoms with Crippen LogP contribution in [0.3, 0.4) is 0 Å². The molecule has 1 aliphatic rings. The largest absolute Gasteiger partial charge is 0.481 e. The zero-order chi connectivity index (χ0) is 15.2. The monoisotopic (exact) mass is 293 g/mol. The lowest BCUT2D eigenvalue weighted by Gasteiger charge is -2.28. The number of halogens is 1. The summed E-state index contributed by atoms with van der Waals surface area (Å²) < 4.78 is 13.3. The molecule has 2 N–H and O–H groups in total. The van der Waals surface area contributed by atoms with Gasteiger partial charge in [-0.05, 0) is 62.3 Å². The summed E-state index contributed by atoms with van der Waals surface area (Å²) in [6.07, 6.45) is 4.39. The predicted octanol–water partition coefficient (Wildman–Crippen LogP) is 3.76. The lowest BCUT2D eigenvalue weighted by atomic mass is 9.82. The van der Waals surface area contributed by atoms with Crippen molar-refractivity contribution in [2.45, 2.75) is 45.1 Å². The van der Waals surface area contributed by atoms with Crippen LogP contribution >= 0.6 is 0 Å². The normalized spacial score (nSPS) is 23.7. The summed E-state index contributed by atoms with van der Waals surface area (Å²) in [5.41, 5.74) is 0.983. The maximum atomic E-state index is 13.3. The third-order valence-corrected chi connectivity index (χ3v) is 4.51. The molecule has 2 rings (SSSR count). The molecular weight excluding hydrogens is 269 g/mol. The van der Waals surface area contributed by atoms with Crippen LogP contribution in [-0.4, -0.2) is 17.6 Å². The van der Waals surface area contributed by atoms with Crippen molar-refractivity contribution in [3.05, 3.63) is 35.6 Å². The first-order valence-electron chi connectivity index (χ1n) is 7.81. The second-order valence-corrected chi connectivity index (χ2v) is 5.98. The fourth-order valence-corrected chi connectivity index (χ4v) is 3.14. The highest BCUT2D eigenvalue weighted by Crippen LogP contribution is 2.29. The Kier molecular flexibility index (Phi) is 5.74. The highest BCUT2D eigenvalue weighted by atomic mass is 19.1. The molecule has 0 radical (unpaired) electrons. The Bertz CT molecular complexity index is 470. The van der Waals surface area contributed by atoms with Crippen molar-refractivity contribution in [2.24, 2.45) is 11.8 Å². The number of carbonyl (C=O) groups is 1. The number of benzene rings is 1. The Morgan fingerprint density at radius 2 is 2.10 bits per heavy atom. The highest BCUT2D eigenvalue weighted by Gasteiger charge is 2.26. The van der Waals surface area contributed by atoms with Gasteiger partial charge in [-0.25, -0.2) is 4.39 Å². The molecule has 1 aromatic carbocycles. The Hall–Kier alpha value is -1.42. The topological polar surface area (TPSA) is 49.3 Å². The first kappa shape index (κ1) is 16.0. The Morgan fingerprint density at radius 1 is 1.38 bits per heavy atom. The second kappa shape index (κ2) is 7.55. The van der Waals surface area contributed by atoms with E-state index in [-0.39, 0.29) is 17.8 Å². The van der Waals surface area contributed by atoms with E-state index in [4.69, 9.17) is 5.11 Å². The van der Waals surface area contributed by atoms with Crippen LogP contribution in [0, 0.1) is 17.7 Å². The Balaban J connectivity index is 1.83. The van der Waals surface area contributed by atoms with E-state index >= 15 is 0 Å². The summed E-state index contributed by atoms with van der Waals surface area (Å²) in [4.78, 5) is 10.9. The molecule has 1 aromatic rings. The molecular formula is C17H24FNO2. The van der Waals surface area contributed by atoms with Crippen molar-refractivity contribution >= 4 is 5.97 Å². The summed E-state index contributed by atoms with van der Waals surface area (Å²) in [5, 5.41) is 12.5. The van der Waals surface area contributed by atoms with Crippen molar-refractivity contribution in [1.29, 1.82) is 0 Å². The van der Waals surface area contributed by atoms with Gasteiger partial charge in [-0.15, -0.1) is 0 Å². The molecule has 4 heteroatoms. The summed E-state index contributed by atoms with van der Waals surface area (Å²) in [7, 11) is 0. The smallest absolute Gasteiger partial charge is 0.306 e. The zero-order valence-corrected chi connectivity index (χ0v) is 12.5. The fourth-order valence-electron chi connectivity index (χ4n) is 3.14. The summed E-state index contributed by atoms with van der Waals surface area (Å²) in [6, 6.07) is 6.91. The first-order chi connectivity index (χ1) is 10.1. The van der Waals surface area contributed by atoms with E-state index in [9.17, 15) is 9.18 Å². The molecule has 116 valence electrons. The van der Waals surface area contributed by atoms with E-state index in [1.165, 1.54) is 6.07 Å². The summed E-state index contributed by atoms with van der Waals surface area (Å²) in [6.45, 7) is 2.96. The molecule has 0 saturated heterocycles. The molecule has 1 saturated carbocycles. The van der Waals surface area contributed by atoms with Gasteiger partial charge in [-0.2, -0.15) is 0 Å². The maximum absolute atomic E-state index is 13.3. The zero-order valence-electron chi connectivity index (χ0n) is 12.5. The Labute approximate surface area is 125 Å². The van der Waals surface area contributed by atoms with Gasteiger partial charge >= 0.3 is 5.97 Å². The van der Waals surface area contributed by atoms with Crippen LogP contribution in [0.2, 0.25) is 0 Å². The number of hydrogen-bond donors (Lipinski definition) is 2. The van der Waals surface area contributed by atoms with E-state index in [0.29, 0.717) is 5.92 Å². The molecule has 1 atom stereocenters. The molecule has 21 heavy (non-hydrogen) atoms. The first-order valence-corrected chi connectivity index (χ1v) is 7.81. The minimum absolute atomic E-state index is 0.161. The fraction of sp³-hybridized carbons (Fsp3) is 0.588. The van der Waals surface area contributed by atoms with Crippen molar-refractivity contribution in [3.63, 3.8) is 0 Å². The molecule has 1 fully saturated rings. The minimum Gasteiger partial charge on any atom is -0.481 e. The Morgan fingerprint density at radius 3 is 2.67 bits per heavy atom. The molecule has 0 spiro atoms. The molecule has 3 nitrogen and oxygen atoms in total. The number of hydrogen-bond acceptors (Lipinski definition) is 2. The van der Waals surface area contributed by atoms with Gasteiger partial charge in [0.25, 0.3) is 0 Å². The van der Waals surface area contributed by atoms with Crippen LogP contribution < -0.4 is 5.32 Å². The summed E-state index contributed by atoms with van der Waals surface area (Å²) >= 11 is 0. The van der Waals surface area contributed by atoms with E-state index in [0.717, 1.165) is 44.2 Å². The molecule has 1 unspecified atom stereocenters. The average Bonchev–Trinajstić information content (AvgIpc) is 2.48. The number of nitrogens with one attached hydrogen (secondary N) is 1. The van der Waals surface area contributed by atoms with Crippen molar-refractivity contribution in [2.75, 3.05) is 6.54 Å². The van der Waals surface area contributed by atoms with E-state index in [1.807, 2.05) is 6.07 Å². The van der Waals surface area contributed by atoms with Gasteiger partial charge in [-0.3, -0.25) is 4.79 Å². The van der Waals surface area contributed by atoms with Crippen LogP contribution in [0.4, 0.5) is 4.39 Å². The highest BCUT2D eigenvalue weighted by molar-refractivity contribution is 5.69. The van der Waals surface area contributed by atoms with Crippen LogP contribution in [0.25, 0.3) is 0 Å². The number of aliphatic carboxylic acids is 1. The minimum atomic E-state index is -0.660. The van der Waals surface area contributed by atoms with Gasteiger partial charge in [0.2, 0.25) is 0 Å². The van der Waals surface area contributed by atoms with Crippen LogP contribution in [0.1, 0.15) is 50.6 Å².